The van der Waals surface area contributed by atoms with Crippen molar-refractivity contribution in [2.75, 3.05) is 11.4 Å². The third kappa shape index (κ3) is 2.74. The van der Waals surface area contributed by atoms with Gasteiger partial charge < -0.3 is 15.2 Å². The number of hydrogen-bond acceptors (Lipinski definition) is 5. The molecule has 0 radical (unpaired) electrons. The number of nitrogens with two attached hydrogens (primary N) is 1. The zero-order chi connectivity index (χ0) is 15.8. The van der Waals surface area contributed by atoms with E-state index in [0.29, 0.717) is 31.2 Å². The van der Waals surface area contributed by atoms with Crippen LogP contribution >= 0.6 is 0 Å². The first-order chi connectivity index (χ1) is 11.3. The van der Waals surface area contributed by atoms with Crippen LogP contribution in [0, 0.1) is 0 Å². The average Bonchev–Trinajstić information content (AvgIpc) is 3.20. The van der Waals surface area contributed by atoms with Crippen LogP contribution in [-0.4, -0.2) is 28.6 Å². The highest BCUT2D eigenvalue weighted by molar-refractivity contribution is 5.96. The van der Waals surface area contributed by atoms with Crippen LogP contribution in [0.4, 0.5) is 5.69 Å². The molecule has 1 fully saturated rings. The molecule has 1 atom stereocenters. The van der Waals surface area contributed by atoms with E-state index in [9.17, 15) is 4.79 Å². The highest BCUT2D eigenvalue weighted by Gasteiger charge is 2.33. The molecule has 2 heterocycles. The van der Waals surface area contributed by atoms with Crippen molar-refractivity contribution in [1.82, 2.24) is 10.1 Å². The van der Waals surface area contributed by atoms with Crippen molar-refractivity contribution in [2.45, 2.75) is 44.1 Å². The zero-order valence-electron chi connectivity index (χ0n) is 12.9. The monoisotopic (exact) mass is 312 g/mol. The number of anilines is 1. The number of aromatic nitrogens is 2. The fourth-order valence-electron chi connectivity index (χ4n) is 3.20. The lowest BCUT2D eigenvalue weighted by molar-refractivity contribution is -0.119. The first-order valence-corrected chi connectivity index (χ1v) is 8.18. The van der Waals surface area contributed by atoms with E-state index >= 15 is 0 Å². The van der Waals surface area contributed by atoms with Crippen molar-refractivity contribution in [1.29, 1.82) is 0 Å². The van der Waals surface area contributed by atoms with Crippen molar-refractivity contribution in [3.8, 4) is 0 Å². The Kier molecular flexibility index (Phi) is 3.61. The molecule has 1 aromatic carbocycles. The summed E-state index contributed by atoms with van der Waals surface area (Å²) in [5.41, 5.74) is 8.03. The molecular formula is C17H20N4O2. The molecule has 1 aliphatic heterocycles. The normalized spacial score (nSPS) is 19.9. The van der Waals surface area contributed by atoms with Gasteiger partial charge in [0.25, 0.3) is 0 Å². The highest BCUT2D eigenvalue weighted by atomic mass is 16.5. The molecule has 23 heavy (non-hydrogen) atoms. The molecule has 1 saturated carbocycles. The first-order valence-electron chi connectivity index (χ1n) is 8.18. The minimum atomic E-state index is 0.0459. The number of hydrogen-bond donors (Lipinski definition) is 1. The summed E-state index contributed by atoms with van der Waals surface area (Å²) in [7, 11) is 0. The molecule has 0 bridgehead atoms. The van der Waals surface area contributed by atoms with Gasteiger partial charge in [0.2, 0.25) is 11.8 Å². The number of nitrogens with zero attached hydrogens (tertiary/aromatic N) is 3. The Labute approximate surface area is 134 Å². The van der Waals surface area contributed by atoms with E-state index in [1.54, 1.807) is 0 Å². The van der Waals surface area contributed by atoms with Crippen molar-refractivity contribution in [2.24, 2.45) is 5.73 Å². The summed E-state index contributed by atoms with van der Waals surface area (Å²) in [5, 5.41) is 3.99. The van der Waals surface area contributed by atoms with Crippen LogP contribution in [0.1, 0.15) is 42.5 Å². The van der Waals surface area contributed by atoms with E-state index in [1.165, 1.54) is 5.56 Å². The Morgan fingerprint density at radius 1 is 1.35 bits per heavy atom. The number of carbonyl (C=O) groups excluding carboxylic acids is 1. The second kappa shape index (κ2) is 5.77. The van der Waals surface area contributed by atoms with Crippen molar-refractivity contribution >= 4 is 11.6 Å². The van der Waals surface area contributed by atoms with Gasteiger partial charge >= 0.3 is 0 Å². The lowest BCUT2D eigenvalue weighted by Crippen LogP contribution is -2.42. The van der Waals surface area contributed by atoms with Gasteiger partial charge in [-0.2, -0.15) is 4.98 Å². The molecule has 0 spiro atoms. The second-order valence-corrected chi connectivity index (χ2v) is 6.31. The van der Waals surface area contributed by atoms with Gasteiger partial charge in [-0.05, 0) is 30.9 Å². The molecule has 2 N–H and O–H groups in total. The van der Waals surface area contributed by atoms with Crippen LogP contribution in [-0.2, 0) is 17.6 Å². The largest absolute Gasteiger partial charge is 0.339 e. The molecule has 1 aromatic heterocycles. The summed E-state index contributed by atoms with van der Waals surface area (Å²) in [6, 6.07) is 8.05. The summed E-state index contributed by atoms with van der Waals surface area (Å²) in [4.78, 5) is 18.9. The van der Waals surface area contributed by atoms with E-state index in [2.05, 4.69) is 16.2 Å². The number of aryl methyl sites for hydroxylation is 1. The van der Waals surface area contributed by atoms with E-state index < -0.39 is 0 Å². The molecule has 6 heteroatoms. The minimum absolute atomic E-state index is 0.0459. The maximum atomic E-state index is 12.7. The van der Waals surface area contributed by atoms with Crippen LogP contribution < -0.4 is 10.6 Å². The maximum Gasteiger partial charge on any atom is 0.227 e. The molecule has 1 aliphatic carbocycles. The average molecular weight is 312 g/mol. The number of para-hydroxylation sites is 1. The molecule has 0 saturated heterocycles. The van der Waals surface area contributed by atoms with E-state index in [0.717, 1.165) is 30.8 Å². The highest BCUT2D eigenvalue weighted by Crippen LogP contribution is 2.38. The third-order valence-electron chi connectivity index (χ3n) is 4.59. The SMILES string of the molecule is NCC1Cc2ccccc2N1C(=O)CCc1nc(C2CC2)no1. The van der Waals surface area contributed by atoms with Gasteiger partial charge in [0.05, 0.1) is 6.04 Å². The molecule has 6 nitrogen and oxygen atoms in total. The van der Waals surface area contributed by atoms with Crippen LogP contribution in [0.5, 0.6) is 0 Å². The van der Waals surface area contributed by atoms with Crippen LogP contribution in [0.2, 0.25) is 0 Å². The summed E-state index contributed by atoms with van der Waals surface area (Å²) in [6.45, 7) is 0.465. The van der Waals surface area contributed by atoms with Gasteiger partial charge in [-0.25, -0.2) is 0 Å². The summed E-state index contributed by atoms with van der Waals surface area (Å²) in [5.74, 6) is 1.88. The quantitative estimate of drug-likeness (QED) is 0.910. The predicted molar refractivity (Wildman–Crippen MR) is 85.1 cm³/mol. The van der Waals surface area contributed by atoms with Gasteiger partial charge in [-0.1, -0.05) is 23.4 Å². The van der Waals surface area contributed by atoms with Gasteiger partial charge in [0, 0.05) is 31.0 Å². The standard InChI is InChI=1S/C17H20N4O2/c18-10-13-9-12-3-1-2-4-14(12)21(13)16(22)8-7-15-19-17(20-23-15)11-5-6-11/h1-4,11,13H,5-10,18H2. The molecular weight excluding hydrogens is 292 g/mol. The lowest BCUT2D eigenvalue weighted by atomic mass is 10.1. The first kappa shape index (κ1) is 14.4. The zero-order valence-corrected chi connectivity index (χ0v) is 12.9. The number of rotatable bonds is 5. The van der Waals surface area contributed by atoms with E-state index in [1.807, 2.05) is 23.1 Å². The number of amides is 1. The Morgan fingerprint density at radius 2 is 2.17 bits per heavy atom. The topological polar surface area (TPSA) is 85.2 Å². The third-order valence-corrected chi connectivity index (χ3v) is 4.59. The number of benzene rings is 1. The number of fused-ring (bicyclic) bond motifs is 1. The van der Waals surface area contributed by atoms with Crippen LogP contribution in [0.25, 0.3) is 0 Å². The Hall–Kier alpha value is -2.21. The molecule has 1 unspecified atom stereocenters. The summed E-state index contributed by atoms with van der Waals surface area (Å²) in [6.07, 6.45) is 3.94. The molecule has 2 aromatic rings. The van der Waals surface area contributed by atoms with Gasteiger partial charge in [0.1, 0.15) is 0 Å². The van der Waals surface area contributed by atoms with Gasteiger partial charge in [0.15, 0.2) is 5.82 Å². The maximum absolute atomic E-state index is 12.7. The fourth-order valence-corrected chi connectivity index (χ4v) is 3.20. The van der Waals surface area contributed by atoms with E-state index in [-0.39, 0.29) is 11.9 Å². The molecule has 1 amide bonds. The van der Waals surface area contributed by atoms with Crippen molar-refractivity contribution in [3.63, 3.8) is 0 Å². The second-order valence-electron chi connectivity index (χ2n) is 6.31. The van der Waals surface area contributed by atoms with E-state index in [4.69, 9.17) is 10.3 Å². The Morgan fingerprint density at radius 3 is 2.96 bits per heavy atom. The van der Waals surface area contributed by atoms with Crippen LogP contribution in [0.3, 0.4) is 0 Å². The predicted octanol–water partition coefficient (Wildman–Crippen LogP) is 1.80. The fraction of sp³-hybridized carbons (Fsp3) is 0.471. The van der Waals surface area contributed by atoms with Crippen molar-refractivity contribution in [3.05, 3.63) is 41.5 Å². The molecule has 120 valence electrons. The summed E-state index contributed by atoms with van der Waals surface area (Å²) >= 11 is 0. The number of carbonyl (C=O) groups is 1. The van der Waals surface area contributed by atoms with Gasteiger partial charge in [-0.15, -0.1) is 0 Å². The minimum Gasteiger partial charge on any atom is -0.339 e. The molecule has 4 rings (SSSR count). The molecule has 2 aliphatic rings. The van der Waals surface area contributed by atoms with Gasteiger partial charge in [-0.3, -0.25) is 4.79 Å². The van der Waals surface area contributed by atoms with Crippen LogP contribution in [0.15, 0.2) is 28.8 Å². The summed E-state index contributed by atoms with van der Waals surface area (Å²) < 4.78 is 5.25. The smallest absolute Gasteiger partial charge is 0.227 e. The Balaban J connectivity index is 1.45. The Bertz CT molecular complexity index is 723. The lowest BCUT2D eigenvalue weighted by Gasteiger charge is -2.24. The van der Waals surface area contributed by atoms with Crippen molar-refractivity contribution < 1.29 is 9.32 Å².